The van der Waals surface area contributed by atoms with E-state index in [9.17, 15) is 9.90 Å². The number of carboxylic acid groups (broad SMARTS) is 1. The maximum absolute atomic E-state index is 11.3. The van der Waals surface area contributed by atoms with E-state index in [2.05, 4.69) is 20.0 Å². The number of likely N-dealkylation sites (N-methyl/N-ethyl adjacent to an activating group) is 1. The zero-order valence-corrected chi connectivity index (χ0v) is 21.3. The maximum atomic E-state index is 11.3. The number of halogens is 1. The molecule has 1 unspecified atom stereocenters. The molecule has 0 spiro atoms. The summed E-state index contributed by atoms with van der Waals surface area (Å²) < 4.78 is 11.9. The van der Waals surface area contributed by atoms with Crippen LogP contribution in [-0.4, -0.2) is 66.8 Å². The average Bonchev–Trinajstić information content (AvgIpc) is 3.44. The number of fused-ring (bicyclic) bond motifs is 1. The van der Waals surface area contributed by atoms with Gasteiger partial charge in [0.25, 0.3) is 0 Å². The average molecular weight is 511 g/mol. The summed E-state index contributed by atoms with van der Waals surface area (Å²) in [6.45, 7) is 7.80. The van der Waals surface area contributed by atoms with Crippen molar-refractivity contribution in [2.75, 3.05) is 50.0 Å². The van der Waals surface area contributed by atoms with E-state index in [-0.39, 0.29) is 6.17 Å². The van der Waals surface area contributed by atoms with Crippen LogP contribution in [0.5, 0.6) is 5.75 Å². The number of rotatable bonds is 8. The second-order valence-corrected chi connectivity index (χ2v) is 9.81. The highest BCUT2D eigenvalue weighted by atomic mass is 35.5. The van der Waals surface area contributed by atoms with Gasteiger partial charge >= 0.3 is 5.97 Å². The molecule has 1 saturated heterocycles. The Kier molecular flexibility index (Phi) is 7.09. The number of aromatic carboxylic acids is 1. The summed E-state index contributed by atoms with van der Waals surface area (Å²) in [7, 11) is 2.01. The number of ether oxygens (including phenoxy) is 1. The van der Waals surface area contributed by atoms with E-state index in [1.165, 1.54) is 0 Å². The van der Waals surface area contributed by atoms with E-state index in [0.717, 1.165) is 73.5 Å². The lowest BCUT2D eigenvalue weighted by atomic mass is 10.2. The monoisotopic (exact) mass is 510 g/mol. The van der Waals surface area contributed by atoms with Crippen LogP contribution in [0.1, 0.15) is 27.4 Å². The molecule has 0 aliphatic carbocycles. The number of piperazine rings is 1. The van der Waals surface area contributed by atoms with Crippen LogP contribution in [0.25, 0.3) is 0 Å². The summed E-state index contributed by atoms with van der Waals surface area (Å²) in [6.07, 6.45) is 0.117. The fourth-order valence-corrected chi connectivity index (χ4v) is 4.93. The largest absolute Gasteiger partial charge is 0.485 e. The van der Waals surface area contributed by atoms with Crippen LogP contribution >= 0.6 is 11.6 Å². The van der Waals surface area contributed by atoms with Gasteiger partial charge in [-0.2, -0.15) is 0 Å². The number of carboxylic acids is 1. The van der Waals surface area contributed by atoms with Crippen molar-refractivity contribution in [1.82, 2.24) is 9.80 Å². The molecule has 1 atom stereocenters. The molecule has 3 heterocycles. The minimum absolute atomic E-state index is 0.117. The van der Waals surface area contributed by atoms with Crippen LogP contribution in [0.4, 0.5) is 11.4 Å². The fraction of sp³-hybridized carbons (Fsp3) is 0.370. The lowest BCUT2D eigenvalue weighted by Crippen LogP contribution is -2.51. The van der Waals surface area contributed by atoms with Crippen LogP contribution in [0, 0.1) is 6.92 Å². The van der Waals surface area contributed by atoms with Crippen LogP contribution < -0.4 is 15.0 Å². The molecule has 2 aromatic carbocycles. The minimum Gasteiger partial charge on any atom is -0.485 e. The molecule has 2 aliphatic heterocycles. The van der Waals surface area contributed by atoms with Gasteiger partial charge in [-0.3, -0.25) is 9.80 Å². The second kappa shape index (κ2) is 10.4. The highest BCUT2D eigenvalue weighted by molar-refractivity contribution is 6.31. The van der Waals surface area contributed by atoms with Gasteiger partial charge in [0.1, 0.15) is 30.0 Å². The number of benzene rings is 2. The van der Waals surface area contributed by atoms with E-state index < -0.39 is 5.97 Å². The Morgan fingerprint density at radius 2 is 1.86 bits per heavy atom. The first kappa shape index (κ1) is 24.5. The number of hydrogen-bond acceptors (Lipinski definition) is 7. The van der Waals surface area contributed by atoms with Gasteiger partial charge in [-0.05, 0) is 49.4 Å². The predicted octanol–water partition coefficient (Wildman–Crippen LogP) is 4.52. The van der Waals surface area contributed by atoms with Gasteiger partial charge < -0.3 is 24.5 Å². The van der Waals surface area contributed by atoms with Gasteiger partial charge in [-0.15, -0.1) is 0 Å². The predicted molar refractivity (Wildman–Crippen MR) is 140 cm³/mol. The zero-order chi connectivity index (χ0) is 25.2. The molecule has 1 fully saturated rings. The number of nitrogens with one attached hydrogen (secondary N) is 1. The fourth-order valence-electron chi connectivity index (χ4n) is 4.76. The number of nitrogens with zero attached hydrogens (tertiary/aromatic N) is 3. The lowest BCUT2D eigenvalue weighted by molar-refractivity contribution is 0.0697. The topological polar surface area (TPSA) is 81.4 Å². The van der Waals surface area contributed by atoms with Crippen molar-refractivity contribution < 1.29 is 19.1 Å². The minimum atomic E-state index is -0.904. The van der Waals surface area contributed by atoms with Crippen LogP contribution in [0.2, 0.25) is 5.02 Å². The Bertz CT molecular complexity index is 1240. The highest BCUT2D eigenvalue weighted by Gasteiger charge is 2.29. The number of anilines is 2. The van der Waals surface area contributed by atoms with Crippen LogP contribution in [-0.2, 0) is 13.2 Å². The van der Waals surface area contributed by atoms with Crippen molar-refractivity contribution in [1.29, 1.82) is 0 Å². The molecule has 9 heteroatoms. The normalized spacial score (nSPS) is 18.2. The molecule has 5 rings (SSSR count). The summed E-state index contributed by atoms with van der Waals surface area (Å²) in [5.74, 6) is 1.60. The smallest absolute Gasteiger partial charge is 0.335 e. The number of hydrogen-bond donors (Lipinski definition) is 2. The third kappa shape index (κ3) is 5.31. The van der Waals surface area contributed by atoms with Gasteiger partial charge in [0.2, 0.25) is 0 Å². The Hall–Kier alpha value is -3.20. The molecule has 2 aliphatic rings. The third-order valence-corrected chi connectivity index (χ3v) is 7.40. The number of furan rings is 1. The van der Waals surface area contributed by atoms with Crippen molar-refractivity contribution in [2.45, 2.75) is 26.2 Å². The molecule has 0 bridgehead atoms. The van der Waals surface area contributed by atoms with Gasteiger partial charge in [-0.25, -0.2) is 4.79 Å². The first-order valence-electron chi connectivity index (χ1n) is 12.1. The molecule has 36 heavy (non-hydrogen) atoms. The van der Waals surface area contributed by atoms with E-state index in [0.29, 0.717) is 17.2 Å². The van der Waals surface area contributed by atoms with E-state index in [4.69, 9.17) is 20.8 Å². The van der Waals surface area contributed by atoms with Crippen LogP contribution in [0.3, 0.4) is 0 Å². The van der Waals surface area contributed by atoms with Gasteiger partial charge in [0, 0.05) is 50.4 Å². The summed E-state index contributed by atoms with van der Waals surface area (Å²) in [5, 5.41) is 13.5. The molecular formula is C27H31ClN4O4. The first-order valence-corrected chi connectivity index (χ1v) is 12.5. The summed E-state index contributed by atoms with van der Waals surface area (Å²) in [6, 6.07) is 14.9. The summed E-state index contributed by atoms with van der Waals surface area (Å²) in [4.78, 5) is 18.3. The van der Waals surface area contributed by atoms with E-state index >= 15 is 0 Å². The molecular weight excluding hydrogens is 480 g/mol. The first-order chi connectivity index (χ1) is 17.4. The lowest BCUT2D eigenvalue weighted by Gasteiger charge is -2.36. The molecule has 0 amide bonds. The van der Waals surface area contributed by atoms with Gasteiger partial charge in [0.15, 0.2) is 0 Å². The maximum Gasteiger partial charge on any atom is 0.335 e. The van der Waals surface area contributed by atoms with Crippen molar-refractivity contribution >= 4 is 28.9 Å². The van der Waals surface area contributed by atoms with E-state index in [1.807, 2.05) is 50.4 Å². The van der Waals surface area contributed by atoms with Gasteiger partial charge in [-0.1, -0.05) is 17.7 Å². The molecule has 190 valence electrons. The molecule has 3 aromatic rings. The molecule has 8 nitrogen and oxygen atoms in total. The van der Waals surface area contributed by atoms with Crippen molar-refractivity contribution in [3.05, 3.63) is 76.2 Å². The number of carbonyl (C=O) groups is 1. The highest BCUT2D eigenvalue weighted by Crippen LogP contribution is 2.34. The summed E-state index contributed by atoms with van der Waals surface area (Å²) >= 11 is 6.17. The quantitative estimate of drug-likeness (QED) is 0.457. The van der Waals surface area contributed by atoms with E-state index in [1.54, 1.807) is 12.1 Å². The second-order valence-electron chi connectivity index (χ2n) is 9.40. The summed E-state index contributed by atoms with van der Waals surface area (Å²) in [5.41, 5.74) is 3.15. The molecule has 2 N–H and O–H groups in total. The van der Waals surface area contributed by atoms with Gasteiger partial charge in [0.05, 0.1) is 23.5 Å². The van der Waals surface area contributed by atoms with Crippen molar-refractivity contribution in [3.8, 4) is 5.75 Å². The molecule has 0 radical (unpaired) electrons. The standard InChI is InChI=1S/C27H31ClN4O4/c1-18-22(28)4-3-5-25(18)35-17-21-8-7-20(36-21)15-31-10-12-32(13-11-31)16-26-29-23-9-6-19(27(33)34)14-24(23)30(26)2/h3-9,14,26,29H,10-13,15-17H2,1-2H3,(H,33,34). The zero-order valence-electron chi connectivity index (χ0n) is 20.5. The Morgan fingerprint density at radius 1 is 1.11 bits per heavy atom. The van der Waals surface area contributed by atoms with Crippen molar-refractivity contribution in [3.63, 3.8) is 0 Å². The van der Waals surface area contributed by atoms with Crippen molar-refractivity contribution in [2.24, 2.45) is 0 Å². The molecule has 1 aromatic heterocycles. The van der Waals surface area contributed by atoms with Crippen LogP contribution in [0.15, 0.2) is 52.9 Å². The Labute approximate surface area is 216 Å². The molecule has 0 saturated carbocycles. The third-order valence-electron chi connectivity index (χ3n) is 7.00. The Morgan fingerprint density at radius 3 is 2.64 bits per heavy atom. The Balaban J connectivity index is 1.08. The SMILES string of the molecule is Cc1c(Cl)cccc1OCc1ccc(CN2CCN(CC3Nc4ccc(C(=O)O)cc4N3C)CC2)o1.